The molecule has 1 saturated heterocycles. The minimum absolute atomic E-state index is 0.265. The van der Waals surface area contributed by atoms with Crippen LogP contribution in [0.2, 0.25) is 0 Å². The van der Waals surface area contributed by atoms with Crippen molar-refractivity contribution in [2.75, 3.05) is 0 Å². The fourth-order valence-corrected chi connectivity index (χ4v) is 3.82. The highest BCUT2D eigenvalue weighted by Crippen LogP contribution is 2.37. The van der Waals surface area contributed by atoms with Crippen molar-refractivity contribution >= 4 is 11.9 Å². The van der Waals surface area contributed by atoms with Crippen molar-refractivity contribution in [3.8, 4) is 11.1 Å². The smallest absolute Gasteiger partial charge is 0.326 e. The monoisotopic (exact) mass is 372 g/mol. The quantitative estimate of drug-likeness (QED) is 0.746. The zero-order valence-corrected chi connectivity index (χ0v) is 15.2. The van der Waals surface area contributed by atoms with E-state index >= 15 is 0 Å². The number of aromatic nitrogens is 1. The molecule has 1 fully saturated rings. The van der Waals surface area contributed by atoms with Crippen LogP contribution in [0.3, 0.4) is 0 Å². The van der Waals surface area contributed by atoms with Crippen molar-refractivity contribution in [3.05, 3.63) is 90.3 Å². The number of likely N-dealkylation sites (tertiary alicyclic amines) is 1. The molecule has 0 bridgehead atoms. The maximum atomic E-state index is 13.2. The van der Waals surface area contributed by atoms with Crippen LogP contribution in [0.15, 0.2) is 79.1 Å². The molecule has 0 saturated carbocycles. The fraction of sp³-hybridized carbons (Fsp3) is 0.174. The van der Waals surface area contributed by atoms with E-state index in [1.807, 2.05) is 48.5 Å². The van der Waals surface area contributed by atoms with Crippen LogP contribution < -0.4 is 0 Å². The third kappa shape index (κ3) is 3.39. The zero-order valence-electron chi connectivity index (χ0n) is 15.2. The summed E-state index contributed by atoms with van der Waals surface area (Å²) in [6.45, 7) is 0. The number of carbonyl (C=O) groups excluding carboxylic acids is 1. The summed E-state index contributed by atoms with van der Waals surface area (Å²) in [5.41, 5.74) is 3.43. The van der Waals surface area contributed by atoms with Gasteiger partial charge in [-0.25, -0.2) is 4.79 Å². The highest BCUT2D eigenvalue weighted by molar-refractivity contribution is 5.97. The van der Waals surface area contributed by atoms with Crippen molar-refractivity contribution in [1.29, 1.82) is 0 Å². The maximum absolute atomic E-state index is 13.2. The van der Waals surface area contributed by atoms with Crippen molar-refractivity contribution in [2.45, 2.75) is 24.9 Å². The third-order valence-electron chi connectivity index (χ3n) is 5.21. The largest absolute Gasteiger partial charge is 0.480 e. The Bertz CT molecular complexity index is 972. The summed E-state index contributed by atoms with van der Waals surface area (Å²) in [4.78, 5) is 30.6. The first kappa shape index (κ1) is 17.9. The molecular formula is C23H20N2O3. The summed E-state index contributed by atoms with van der Waals surface area (Å²) in [5.74, 6) is -1.24. The maximum Gasteiger partial charge on any atom is 0.326 e. The predicted octanol–water partition coefficient (Wildman–Crippen LogP) is 4.18. The predicted molar refractivity (Wildman–Crippen MR) is 106 cm³/mol. The van der Waals surface area contributed by atoms with Gasteiger partial charge in [0.25, 0.3) is 5.91 Å². The number of carboxylic acid groups (broad SMARTS) is 1. The summed E-state index contributed by atoms with van der Waals surface area (Å²) in [6.07, 6.45) is 4.41. The van der Waals surface area contributed by atoms with E-state index in [1.165, 1.54) is 4.90 Å². The molecule has 2 heterocycles. The van der Waals surface area contributed by atoms with E-state index in [0.29, 0.717) is 18.4 Å². The molecule has 2 atom stereocenters. The zero-order chi connectivity index (χ0) is 19.5. The molecule has 0 radical (unpaired) electrons. The van der Waals surface area contributed by atoms with Gasteiger partial charge in [-0.3, -0.25) is 9.78 Å². The van der Waals surface area contributed by atoms with E-state index in [4.69, 9.17) is 0 Å². The molecule has 0 aliphatic carbocycles. The van der Waals surface area contributed by atoms with Crippen LogP contribution in [0.1, 0.15) is 34.8 Å². The number of amides is 1. The van der Waals surface area contributed by atoms with Crippen LogP contribution in [0.25, 0.3) is 11.1 Å². The standard InChI is InChI=1S/C23H20N2O3/c26-22(18-10-8-17(9-11-18)16-5-2-1-3-6-16)25-20(12-13-21(25)23(27)28)19-7-4-14-24-15-19/h1-11,14-15,20-21H,12-13H2,(H,27,28)/t20-,21+/m1/s1. The number of nitrogens with zero attached hydrogens (tertiary/aromatic N) is 2. The Balaban J connectivity index is 1.64. The lowest BCUT2D eigenvalue weighted by Gasteiger charge is -2.28. The molecule has 0 spiro atoms. The van der Waals surface area contributed by atoms with Crippen molar-refractivity contribution in [3.63, 3.8) is 0 Å². The summed E-state index contributed by atoms with van der Waals surface area (Å²) >= 11 is 0. The molecular weight excluding hydrogens is 352 g/mol. The first-order valence-corrected chi connectivity index (χ1v) is 9.26. The lowest BCUT2D eigenvalue weighted by molar-refractivity contribution is -0.141. The molecule has 4 rings (SSSR count). The van der Waals surface area contributed by atoms with Crippen LogP contribution in [-0.2, 0) is 4.79 Å². The van der Waals surface area contributed by atoms with Crippen LogP contribution in [0, 0.1) is 0 Å². The second-order valence-electron chi connectivity index (χ2n) is 6.89. The number of carboxylic acids is 1. The first-order valence-electron chi connectivity index (χ1n) is 9.26. The highest BCUT2D eigenvalue weighted by atomic mass is 16.4. The van der Waals surface area contributed by atoms with E-state index in [2.05, 4.69) is 4.98 Å². The van der Waals surface area contributed by atoms with Crippen LogP contribution in [0.5, 0.6) is 0 Å². The Morgan fingerprint density at radius 1 is 0.893 bits per heavy atom. The summed E-state index contributed by atoms with van der Waals surface area (Å²) in [6, 6.07) is 19.8. The van der Waals surface area contributed by atoms with Crippen LogP contribution in [-0.4, -0.2) is 32.9 Å². The van der Waals surface area contributed by atoms with Gasteiger partial charge in [0.05, 0.1) is 6.04 Å². The molecule has 2 aromatic carbocycles. The van der Waals surface area contributed by atoms with Crippen molar-refractivity contribution in [2.24, 2.45) is 0 Å². The average Bonchev–Trinajstić information content (AvgIpc) is 3.20. The molecule has 28 heavy (non-hydrogen) atoms. The van der Waals surface area contributed by atoms with Gasteiger partial charge >= 0.3 is 5.97 Å². The minimum Gasteiger partial charge on any atom is -0.480 e. The first-order chi connectivity index (χ1) is 13.6. The number of aliphatic carboxylic acids is 1. The number of rotatable bonds is 4. The van der Waals surface area contributed by atoms with Gasteiger partial charge in [-0.2, -0.15) is 0 Å². The molecule has 0 unspecified atom stereocenters. The van der Waals surface area contributed by atoms with Gasteiger partial charge in [-0.05, 0) is 47.7 Å². The summed E-state index contributed by atoms with van der Waals surface area (Å²) in [7, 11) is 0. The second-order valence-corrected chi connectivity index (χ2v) is 6.89. The second kappa shape index (κ2) is 7.64. The Kier molecular flexibility index (Phi) is 4.89. The van der Waals surface area contributed by atoms with Gasteiger partial charge in [0.1, 0.15) is 6.04 Å². The van der Waals surface area contributed by atoms with Gasteiger partial charge in [0.15, 0.2) is 0 Å². The third-order valence-corrected chi connectivity index (χ3v) is 5.21. The average molecular weight is 372 g/mol. The van der Waals surface area contributed by atoms with E-state index in [-0.39, 0.29) is 11.9 Å². The van der Waals surface area contributed by atoms with Gasteiger partial charge < -0.3 is 10.0 Å². The van der Waals surface area contributed by atoms with Gasteiger partial charge in [-0.1, -0.05) is 48.5 Å². The fourth-order valence-electron chi connectivity index (χ4n) is 3.82. The van der Waals surface area contributed by atoms with E-state index in [9.17, 15) is 14.7 Å². The Hall–Kier alpha value is -3.47. The molecule has 5 heteroatoms. The van der Waals surface area contributed by atoms with E-state index in [0.717, 1.165) is 16.7 Å². The van der Waals surface area contributed by atoms with Crippen LogP contribution in [0.4, 0.5) is 0 Å². The topological polar surface area (TPSA) is 70.5 Å². The summed E-state index contributed by atoms with van der Waals surface area (Å²) in [5, 5.41) is 9.63. The van der Waals surface area contributed by atoms with Gasteiger partial charge in [0, 0.05) is 18.0 Å². The van der Waals surface area contributed by atoms with E-state index in [1.54, 1.807) is 30.6 Å². The molecule has 140 valence electrons. The Morgan fingerprint density at radius 3 is 2.25 bits per heavy atom. The number of hydrogen-bond acceptors (Lipinski definition) is 3. The molecule has 1 aliphatic heterocycles. The van der Waals surface area contributed by atoms with Gasteiger partial charge in [0.2, 0.25) is 0 Å². The van der Waals surface area contributed by atoms with Crippen molar-refractivity contribution in [1.82, 2.24) is 9.88 Å². The number of benzene rings is 2. The molecule has 1 aromatic heterocycles. The normalized spacial score (nSPS) is 18.8. The molecule has 1 N–H and O–H groups in total. The summed E-state index contributed by atoms with van der Waals surface area (Å²) < 4.78 is 0. The minimum atomic E-state index is -0.972. The Labute approximate surface area is 163 Å². The molecule has 1 amide bonds. The highest BCUT2D eigenvalue weighted by Gasteiger charge is 2.42. The number of carbonyl (C=O) groups is 2. The SMILES string of the molecule is O=C(O)[C@@H]1CC[C@H](c2cccnc2)N1C(=O)c1ccc(-c2ccccc2)cc1. The lowest BCUT2D eigenvalue weighted by Crippen LogP contribution is -2.41. The van der Waals surface area contributed by atoms with Crippen LogP contribution >= 0.6 is 0 Å². The number of hydrogen-bond donors (Lipinski definition) is 1. The Morgan fingerprint density at radius 2 is 1.61 bits per heavy atom. The van der Waals surface area contributed by atoms with Gasteiger partial charge in [-0.15, -0.1) is 0 Å². The lowest BCUT2D eigenvalue weighted by atomic mass is 10.0. The van der Waals surface area contributed by atoms with E-state index < -0.39 is 12.0 Å². The molecule has 1 aliphatic rings. The molecule has 5 nitrogen and oxygen atoms in total. The number of pyridine rings is 1. The molecule has 3 aromatic rings. The van der Waals surface area contributed by atoms with Crippen molar-refractivity contribution < 1.29 is 14.7 Å².